The summed E-state index contributed by atoms with van der Waals surface area (Å²) in [5, 5.41) is 8.50. The topological polar surface area (TPSA) is 74.7 Å². The number of carboxylic acids is 1. The Bertz CT molecular complexity index is 883. The Balaban J connectivity index is 1.90. The number of amides is 2. The summed E-state index contributed by atoms with van der Waals surface area (Å²) in [6.07, 6.45) is -0.0621. The van der Waals surface area contributed by atoms with Crippen LogP contribution in [0.4, 0.5) is 10.1 Å². The van der Waals surface area contributed by atoms with Gasteiger partial charge in [0.1, 0.15) is 5.82 Å². The zero-order valence-corrected chi connectivity index (χ0v) is 14.0. The first-order chi connectivity index (χ1) is 11.9. The van der Waals surface area contributed by atoms with Gasteiger partial charge in [-0.2, -0.15) is 0 Å². The Morgan fingerprint density at radius 2 is 1.96 bits per heavy atom. The number of aryl methyl sites for hydroxylation is 1. The van der Waals surface area contributed by atoms with Gasteiger partial charge in [-0.15, -0.1) is 11.8 Å². The van der Waals surface area contributed by atoms with Crippen molar-refractivity contribution in [2.24, 2.45) is 0 Å². The summed E-state index contributed by atoms with van der Waals surface area (Å²) in [5.41, 5.74) is 0.914. The first-order valence-electron chi connectivity index (χ1n) is 7.50. The zero-order chi connectivity index (χ0) is 18.1. The van der Waals surface area contributed by atoms with Crippen LogP contribution in [-0.2, 0) is 9.59 Å². The fraction of sp³-hybridized carbons (Fsp3) is 0.167. The minimum absolute atomic E-state index is 0.0621. The number of imide groups is 1. The van der Waals surface area contributed by atoms with Gasteiger partial charge in [-0.1, -0.05) is 18.2 Å². The van der Waals surface area contributed by atoms with Gasteiger partial charge in [0.15, 0.2) is 0 Å². The summed E-state index contributed by atoms with van der Waals surface area (Å²) in [4.78, 5) is 37.7. The number of hydrogen-bond donors (Lipinski definition) is 1. The molecule has 0 unspecified atom stereocenters. The minimum Gasteiger partial charge on any atom is -0.478 e. The fourth-order valence-corrected chi connectivity index (χ4v) is 3.85. The highest BCUT2D eigenvalue weighted by atomic mass is 32.2. The summed E-state index contributed by atoms with van der Waals surface area (Å²) >= 11 is 1.04. The molecule has 25 heavy (non-hydrogen) atoms. The van der Waals surface area contributed by atoms with Crippen molar-refractivity contribution in [1.29, 1.82) is 0 Å². The van der Waals surface area contributed by atoms with Crippen molar-refractivity contribution in [2.45, 2.75) is 23.5 Å². The average molecular weight is 359 g/mol. The number of halogens is 1. The van der Waals surface area contributed by atoms with E-state index in [2.05, 4.69) is 0 Å². The van der Waals surface area contributed by atoms with Crippen molar-refractivity contribution in [1.82, 2.24) is 0 Å². The average Bonchev–Trinajstić information content (AvgIpc) is 2.84. The number of carbonyl (C=O) groups is 3. The molecule has 1 aliphatic heterocycles. The molecular formula is C18H14FNO4S. The van der Waals surface area contributed by atoms with E-state index in [1.54, 1.807) is 25.1 Å². The summed E-state index contributed by atoms with van der Waals surface area (Å²) in [6, 6.07) is 10.2. The first kappa shape index (κ1) is 17.2. The maximum atomic E-state index is 13.5. The van der Waals surface area contributed by atoms with Gasteiger partial charge in [-0.05, 0) is 36.8 Å². The molecule has 0 spiro atoms. The van der Waals surface area contributed by atoms with Gasteiger partial charge in [-0.25, -0.2) is 14.1 Å². The SMILES string of the molecule is Cc1ccc(F)cc1N1C(=O)C[C@H](Sc2ccccc2C(=O)O)C1=O. The van der Waals surface area contributed by atoms with Crippen LogP contribution in [0.2, 0.25) is 0 Å². The van der Waals surface area contributed by atoms with E-state index in [-0.39, 0.29) is 17.7 Å². The van der Waals surface area contributed by atoms with Crippen molar-refractivity contribution < 1.29 is 23.9 Å². The van der Waals surface area contributed by atoms with E-state index in [1.807, 2.05) is 0 Å². The Morgan fingerprint density at radius 1 is 1.24 bits per heavy atom. The highest BCUT2D eigenvalue weighted by Crippen LogP contribution is 2.36. The minimum atomic E-state index is -1.10. The van der Waals surface area contributed by atoms with Gasteiger partial charge in [0.05, 0.1) is 16.5 Å². The third kappa shape index (κ3) is 3.28. The van der Waals surface area contributed by atoms with Gasteiger partial charge in [0.2, 0.25) is 11.8 Å². The number of hydrogen-bond acceptors (Lipinski definition) is 4. The molecule has 1 aliphatic rings. The Kier molecular flexibility index (Phi) is 4.59. The summed E-state index contributed by atoms with van der Waals surface area (Å²) in [7, 11) is 0. The number of carboxylic acid groups (broad SMARTS) is 1. The lowest BCUT2D eigenvalue weighted by molar-refractivity contribution is -0.121. The normalized spacial score (nSPS) is 17.2. The predicted molar refractivity (Wildman–Crippen MR) is 91.3 cm³/mol. The number of rotatable bonds is 4. The van der Waals surface area contributed by atoms with Crippen LogP contribution < -0.4 is 4.90 Å². The molecular weight excluding hydrogens is 345 g/mol. The molecule has 1 N–H and O–H groups in total. The van der Waals surface area contributed by atoms with Crippen molar-refractivity contribution in [2.75, 3.05) is 4.90 Å². The molecule has 128 valence electrons. The Labute approximate surface area is 147 Å². The highest BCUT2D eigenvalue weighted by Gasteiger charge is 2.41. The summed E-state index contributed by atoms with van der Waals surface area (Å²) in [5.74, 6) is -2.53. The van der Waals surface area contributed by atoms with Gasteiger partial charge < -0.3 is 5.11 Å². The van der Waals surface area contributed by atoms with Crippen LogP contribution in [0.25, 0.3) is 0 Å². The molecule has 0 bridgehead atoms. The van der Waals surface area contributed by atoms with Gasteiger partial charge >= 0.3 is 5.97 Å². The van der Waals surface area contributed by atoms with Crippen LogP contribution in [0.5, 0.6) is 0 Å². The van der Waals surface area contributed by atoms with Crippen LogP contribution in [0.1, 0.15) is 22.3 Å². The first-order valence-corrected chi connectivity index (χ1v) is 8.38. The summed E-state index contributed by atoms with van der Waals surface area (Å²) in [6.45, 7) is 1.69. The van der Waals surface area contributed by atoms with E-state index in [4.69, 9.17) is 0 Å². The molecule has 2 amide bonds. The number of aromatic carboxylic acids is 1. The zero-order valence-electron chi connectivity index (χ0n) is 13.2. The van der Waals surface area contributed by atoms with Gasteiger partial charge in [-0.3, -0.25) is 9.59 Å². The van der Waals surface area contributed by atoms with E-state index in [0.717, 1.165) is 22.7 Å². The third-order valence-corrected chi connectivity index (χ3v) is 5.17. The largest absolute Gasteiger partial charge is 0.478 e. The number of thioether (sulfide) groups is 1. The predicted octanol–water partition coefficient (Wildman–Crippen LogP) is 3.26. The molecule has 7 heteroatoms. The van der Waals surface area contributed by atoms with E-state index < -0.39 is 28.9 Å². The second-order valence-corrected chi connectivity index (χ2v) is 6.85. The van der Waals surface area contributed by atoms with Crippen LogP contribution in [0.3, 0.4) is 0 Å². The van der Waals surface area contributed by atoms with Crippen LogP contribution in [0.15, 0.2) is 47.4 Å². The number of nitrogens with zero attached hydrogens (tertiary/aromatic N) is 1. The van der Waals surface area contributed by atoms with Crippen LogP contribution in [0, 0.1) is 12.7 Å². The fourth-order valence-electron chi connectivity index (χ4n) is 2.67. The molecule has 2 aromatic rings. The molecule has 1 heterocycles. The second-order valence-electron chi connectivity index (χ2n) is 5.61. The molecule has 1 saturated heterocycles. The molecule has 5 nitrogen and oxygen atoms in total. The molecule has 2 aromatic carbocycles. The lowest BCUT2D eigenvalue weighted by atomic mass is 10.2. The maximum Gasteiger partial charge on any atom is 0.336 e. The monoisotopic (exact) mass is 359 g/mol. The Morgan fingerprint density at radius 3 is 2.68 bits per heavy atom. The molecule has 3 rings (SSSR count). The molecule has 0 radical (unpaired) electrons. The smallest absolute Gasteiger partial charge is 0.336 e. The molecule has 0 aromatic heterocycles. The van der Waals surface area contributed by atoms with Gasteiger partial charge in [0, 0.05) is 11.3 Å². The van der Waals surface area contributed by atoms with Gasteiger partial charge in [0.25, 0.3) is 0 Å². The molecule has 1 atom stereocenters. The highest BCUT2D eigenvalue weighted by molar-refractivity contribution is 8.00. The van der Waals surface area contributed by atoms with E-state index in [0.29, 0.717) is 10.5 Å². The number of benzene rings is 2. The third-order valence-electron chi connectivity index (χ3n) is 3.90. The van der Waals surface area contributed by atoms with E-state index in [1.165, 1.54) is 18.2 Å². The Hall–Kier alpha value is -2.67. The lowest BCUT2D eigenvalue weighted by Crippen LogP contribution is -2.31. The van der Waals surface area contributed by atoms with Crippen molar-refractivity contribution in [3.05, 3.63) is 59.4 Å². The second kappa shape index (κ2) is 6.68. The lowest BCUT2D eigenvalue weighted by Gasteiger charge is -2.17. The van der Waals surface area contributed by atoms with Crippen molar-refractivity contribution in [3.8, 4) is 0 Å². The standard InChI is InChI=1S/C18H14FNO4S/c1-10-6-7-11(19)8-13(10)20-16(21)9-15(17(20)22)25-14-5-3-2-4-12(14)18(23)24/h2-8,15H,9H2,1H3,(H,23,24)/t15-/m0/s1. The molecule has 0 saturated carbocycles. The van der Waals surface area contributed by atoms with Crippen LogP contribution >= 0.6 is 11.8 Å². The molecule has 1 fully saturated rings. The molecule has 0 aliphatic carbocycles. The summed E-state index contributed by atoms with van der Waals surface area (Å²) < 4.78 is 13.5. The van der Waals surface area contributed by atoms with Crippen LogP contribution in [-0.4, -0.2) is 28.1 Å². The van der Waals surface area contributed by atoms with E-state index >= 15 is 0 Å². The van der Waals surface area contributed by atoms with Crippen molar-refractivity contribution >= 4 is 35.2 Å². The maximum absolute atomic E-state index is 13.5. The number of anilines is 1. The van der Waals surface area contributed by atoms with Crippen molar-refractivity contribution in [3.63, 3.8) is 0 Å². The number of carbonyl (C=O) groups excluding carboxylic acids is 2. The quantitative estimate of drug-likeness (QED) is 0.848. The van der Waals surface area contributed by atoms with E-state index in [9.17, 15) is 23.9 Å².